The van der Waals surface area contributed by atoms with Crippen LogP contribution in [0.2, 0.25) is 0 Å². The SMILES string of the molecule is O=C(Cc1c[nH]c2ccccc12)N1CC=CC1. The Morgan fingerprint density at radius 2 is 2.00 bits per heavy atom. The van der Waals surface area contributed by atoms with Gasteiger partial charge in [-0.25, -0.2) is 0 Å². The highest BCUT2D eigenvalue weighted by Crippen LogP contribution is 2.19. The molecule has 86 valence electrons. The molecule has 0 fully saturated rings. The van der Waals surface area contributed by atoms with Crippen LogP contribution in [0.5, 0.6) is 0 Å². The van der Waals surface area contributed by atoms with Gasteiger partial charge < -0.3 is 9.88 Å². The molecule has 0 spiro atoms. The van der Waals surface area contributed by atoms with Crippen LogP contribution >= 0.6 is 0 Å². The average Bonchev–Trinajstić information content (AvgIpc) is 2.98. The van der Waals surface area contributed by atoms with E-state index in [4.69, 9.17) is 0 Å². The van der Waals surface area contributed by atoms with E-state index >= 15 is 0 Å². The molecule has 0 atom stereocenters. The van der Waals surface area contributed by atoms with Gasteiger partial charge in [0, 0.05) is 30.2 Å². The molecule has 1 N–H and O–H groups in total. The van der Waals surface area contributed by atoms with Gasteiger partial charge in [-0.2, -0.15) is 0 Å². The fraction of sp³-hybridized carbons (Fsp3) is 0.214. The van der Waals surface area contributed by atoms with Gasteiger partial charge >= 0.3 is 0 Å². The van der Waals surface area contributed by atoms with E-state index in [0.29, 0.717) is 6.42 Å². The van der Waals surface area contributed by atoms with Crippen molar-refractivity contribution in [2.45, 2.75) is 6.42 Å². The summed E-state index contributed by atoms with van der Waals surface area (Å²) in [5.74, 6) is 0.194. The Morgan fingerprint density at radius 3 is 2.82 bits per heavy atom. The number of nitrogens with zero attached hydrogens (tertiary/aromatic N) is 1. The minimum Gasteiger partial charge on any atom is -0.361 e. The molecule has 3 heteroatoms. The Kier molecular flexibility index (Phi) is 2.44. The maximum atomic E-state index is 12.0. The third-order valence-corrected chi connectivity index (χ3v) is 3.19. The van der Waals surface area contributed by atoms with Gasteiger partial charge in [-0.3, -0.25) is 4.79 Å². The second-order valence-corrected chi connectivity index (χ2v) is 4.31. The van der Waals surface area contributed by atoms with E-state index in [1.54, 1.807) is 0 Å². The van der Waals surface area contributed by atoms with Crippen molar-refractivity contribution in [3.05, 3.63) is 48.2 Å². The maximum Gasteiger partial charge on any atom is 0.227 e. The number of hydrogen-bond donors (Lipinski definition) is 1. The monoisotopic (exact) mass is 226 g/mol. The van der Waals surface area contributed by atoms with E-state index < -0.39 is 0 Å². The summed E-state index contributed by atoms with van der Waals surface area (Å²) in [5, 5.41) is 1.15. The number of carbonyl (C=O) groups excluding carboxylic acids is 1. The molecule has 1 aliphatic rings. The lowest BCUT2D eigenvalue weighted by Gasteiger charge is -2.14. The number of carbonyl (C=O) groups is 1. The number of benzene rings is 1. The summed E-state index contributed by atoms with van der Waals surface area (Å²) in [7, 11) is 0. The lowest BCUT2D eigenvalue weighted by Crippen LogP contribution is -2.29. The highest BCUT2D eigenvalue weighted by atomic mass is 16.2. The second kappa shape index (κ2) is 4.09. The van der Waals surface area contributed by atoms with E-state index in [1.165, 1.54) is 0 Å². The molecule has 2 heterocycles. The Bertz CT molecular complexity index is 575. The van der Waals surface area contributed by atoms with Gasteiger partial charge in [-0.1, -0.05) is 30.4 Å². The Morgan fingerprint density at radius 1 is 1.24 bits per heavy atom. The number of para-hydroxylation sites is 1. The third-order valence-electron chi connectivity index (χ3n) is 3.19. The molecule has 0 radical (unpaired) electrons. The lowest BCUT2D eigenvalue weighted by molar-refractivity contribution is -0.129. The Labute approximate surface area is 99.7 Å². The fourth-order valence-corrected chi connectivity index (χ4v) is 2.23. The average molecular weight is 226 g/mol. The number of rotatable bonds is 2. The van der Waals surface area contributed by atoms with Gasteiger partial charge in [-0.15, -0.1) is 0 Å². The molecule has 2 aromatic rings. The molecule has 0 saturated carbocycles. The van der Waals surface area contributed by atoms with Crippen LogP contribution in [0, 0.1) is 0 Å². The predicted octanol–water partition coefficient (Wildman–Crippen LogP) is 2.11. The molecule has 1 aromatic carbocycles. The minimum atomic E-state index is 0.194. The van der Waals surface area contributed by atoms with E-state index in [2.05, 4.69) is 11.1 Å². The molecule has 1 aromatic heterocycles. The standard InChI is InChI=1S/C14H14N2O/c17-14(16-7-3-4-8-16)9-11-10-15-13-6-2-1-5-12(11)13/h1-6,10,15H,7-9H2. The van der Waals surface area contributed by atoms with Gasteiger partial charge in [0.15, 0.2) is 0 Å². The molecular weight excluding hydrogens is 212 g/mol. The maximum absolute atomic E-state index is 12.0. The zero-order valence-corrected chi connectivity index (χ0v) is 9.52. The number of amides is 1. The Hall–Kier alpha value is -2.03. The van der Waals surface area contributed by atoms with Crippen LogP contribution in [0.25, 0.3) is 10.9 Å². The number of aromatic amines is 1. The highest BCUT2D eigenvalue weighted by Gasteiger charge is 2.16. The first kappa shape index (κ1) is 10.1. The van der Waals surface area contributed by atoms with Crippen LogP contribution in [-0.2, 0) is 11.2 Å². The zero-order valence-electron chi connectivity index (χ0n) is 9.52. The number of nitrogens with one attached hydrogen (secondary N) is 1. The van der Waals surface area contributed by atoms with E-state index in [9.17, 15) is 4.79 Å². The molecule has 3 rings (SSSR count). The van der Waals surface area contributed by atoms with E-state index in [0.717, 1.165) is 29.6 Å². The summed E-state index contributed by atoms with van der Waals surface area (Å²) in [6.45, 7) is 1.50. The van der Waals surface area contributed by atoms with Crippen molar-refractivity contribution in [3.63, 3.8) is 0 Å². The van der Waals surface area contributed by atoms with Crippen LogP contribution in [0.1, 0.15) is 5.56 Å². The summed E-state index contributed by atoms with van der Waals surface area (Å²) in [6.07, 6.45) is 6.48. The van der Waals surface area contributed by atoms with Gasteiger partial charge in [0.2, 0.25) is 5.91 Å². The molecule has 1 aliphatic heterocycles. The third kappa shape index (κ3) is 1.84. The van der Waals surface area contributed by atoms with Crippen molar-refractivity contribution in [1.82, 2.24) is 9.88 Å². The van der Waals surface area contributed by atoms with Gasteiger partial charge in [0.1, 0.15) is 0 Å². The van der Waals surface area contributed by atoms with Crippen LogP contribution in [0.15, 0.2) is 42.6 Å². The first-order valence-electron chi connectivity index (χ1n) is 5.82. The first-order valence-corrected chi connectivity index (χ1v) is 5.82. The van der Waals surface area contributed by atoms with Crippen LogP contribution < -0.4 is 0 Å². The molecular formula is C14H14N2O. The van der Waals surface area contributed by atoms with Crippen molar-refractivity contribution in [2.75, 3.05) is 13.1 Å². The fourth-order valence-electron chi connectivity index (χ4n) is 2.23. The second-order valence-electron chi connectivity index (χ2n) is 4.31. The molecule has 3 nitrogen and oxygen atoms in total. The predicted molar refractivity (Wildman–Crippen MR) is 67.7 cm³/mol. The molecule has 0 bridgehead atoms. The van der Waals surface area contributed by atoms with Gasteiger partial charge in [0.25, 0.3) is 0 Å². The number of aromatic nitrogens is 1. The van der Waals surface area contributed by atoms with Gasteiger partial charge in [-0.05, 0) is 11.6 Å². The Balaban J connectivity index is 1.82. The normalized spacial score (nSPS) is 14.7. The number of fused-ring (bicyclic) bond motifs is 1. The quantitative estimate of drug-likeness (QED) is 0.782. The largest absolute Gasteiger partial charge is 0.361 e. The molecule has 17 heavy (non-hydrogen) atoms. The zero-order chi connectivity index (χ0) is 11.7. The minimum absolute atomic E-state index is 0.194. The number of H-pyrrole nitrogens is 1. The van der Waals surface area contributed by atoms with Crippen molar-refractivity contribution < 1.29 is 4.79 Å². The smallest absolute Gasteiger partial charge is 0.227 e. The molecule has 1 amide bonds. The van der Waals surface area contributed by atoms with Crippen molar-refractivity contribution >= 4 is 16.8 Å². The van der Waals surface area contributed by atoms with E-state index in [1.807, 2.05) is 41.4 Å². The van der Waals surface area contributed by atoms with Crippen molar-refractivity contribution in [2.24, 2.45) is 0 Å². The molecule has 0 aliphatic carbocycles. The van der Waals surface area contributed by atoms with Crippen molar-refractivity contribution in [1.29, 1.82) is 0 Å². The lowest BCUT2D eigenvalue weighted by atomic mass is 10.1. The molecule has 0 saturated heterocycles. The van der Waals surface area contributed by atoms with Crippen LogP contribution in [0.4, 0.5) is 0 Å². The highest BCUT2D eigenvalue weighted by molar-refractivity contribution is 5.89. The summed E-state index contributed by atoms with van der Waals surface area (Å²) in [4.78, 5) is 17.1. The van der Waals surface area contributed by atoms with Crippen molar-refractivity contribution in [3.8, 4) is 0 Å². The van der Waals surface area contributed by atoms with Gasteiger partial charge in [0.05, 0.1) is 6.42 Å². The first-order chi connectivity index (χ1) is 8.34. The van der Waals surface area contributed by atoms with Crippen LogP contribution in [-0.4, -0.2) is 28.9 Å². The van der Waals surface area contributed by atoms with Crippen LogP contribution in [0.3, 0.4) is 0 Å². The summed E-state index contributed by atoms with van der Waals surface area (Å²) < 4.78 is 0. The summed E-state index contributed by atoms with van der Waals surface area (Å²) >= 11 is 0. The molecule has 0 unspecified atom stereocenters. The summed E-state index contributed by atoms with van der Waals surface area (Å²) in [5.41, 5.74) is 2.17. The summed E-state index contributed by atoms with van der Waals surface area (Å²) in [6, 6.07) is 8.08. The number of hydrogen-bond acceptors (Lipinski definition) is 1. The van der Waals surface area contributed by atoms with E-state index in [-0.39, 0.29) is 5.91 Å². The topological polar surface area (TPSA) is 36.1 Å².